The van der Waals surface area contributed by atoms with E-state index in [4.69, 9.17) is 26.1 Å². The molecule has 9 heteroatoms. The maximum Gasteiger partial charge on any atom is 0.326 e. The zero-order valence-corrected chi connectivity index (χ0v) is 59.2. The number of H-pyrrole nitrogens is 1. The van der Waals surface area contributed by atoms with Gasteiger partial charge in [0.15, 0.2) is 0 Å². The van der Waals surface area contributed by atoms with Gasteiger partial charge in [-0.15, -0.1) is 11.6 Å². The van der Waals surface area contributed by atoms with Crippen molar-refractivity contribution in [2.45, 2.75) is 229 Å². The number of esters is 2. The zero-order valence-electron chi connectivity index (χ0n) is 58.5. The Morgan fingerprint density at radius 3 is 1.54 bits per heavy atom. The van der Waals surface area contributed by atoms with Crippen LogP contribution in [-0.2, 0) is 25.6 Å². The molecule has 0 amide bonds. The van der Waals surface area contributed by atoms with Crippen molar-refractivity contribution in [3.63, 3.8) is 0 Å². The summed E-state index contributed by atoms with van der Waals surface area (Å²) < 4.78 is 13.9. The lowest BCUT2D eigenvalue weighted by Gasteiger charge is -2.58. The number of para-hydroxylation sites is 4. The molecule has 93 heavy (non-hydrogen) atoms. The Bertz CT molecular complexity index is 3530. The van der Waals surface area contributed by atoms with Gasteiger partial charge in [0.05, 0.1) is 22.1 Å². The van der Waals surface area contributed by atoms with Gasteiger partial charge in [0.25, 0.3) is 0 Å². The summed E-state index contributed by atoms with van der Waals surface area (Å²) in [5.41, 5.74) is 10.9. The molecule has 2 aromatic heterocycles. The van der Waals surface area contributed by atoms with Gasteiger partial charge in [-0.05, 0) is 207 Å². The second kappa shape index (κ2) is 28.7. The van der Waals surface area contributed by atoms with Gasteiger partial charge < -0.3 is 19.0 Å². The van der Waals surface area contributed by atoms with E-state index in [1.165, 1.54) is 109 Å². The minimum absolute atomic E-state index is 0.0326. The Morgan fingerprint density at radius 2 is 1.02 bits per heavy atom. The van der Waals surface area contributed by atoms with E-state index in [9.17, 15) is 9.59 Å². The molecule has 2 heterocycles. The van der Waals surface area contributed by atoms with Gasteiger partial charge in [-0.3, -0.25) is 9.59 Å². The molecule has 6 aromatic rings. The van der Waals surface area contributed by atoms with E-state index in [1.54, 1.807) is 11.1 Å². The minimum Gasteiger partial charge on any atom is -0.461 e. The number of aromatic nitrogens is 4. The number of nitrogens with zero attached hydrogens (tertiary/aromatic N) is 3. The number of ether oxygens (including phenoxy) is 2. The number of fused-ring (bicyclic) bond motifs is 12. The molecule has 0 radical (unpaired) electrons. The number of rotatable bonds is 17. The van der Waals surface area contributed by atoms with Crippen LogP contribution < -0.4 is 0 Å². The molecule has 6 fully saturated rings. The number of alkyl halides is 1. The number of carbonyl (C=O) groups excluding carboxylic acids is 2. The maximum absolute atomic E-state index is 13.5. The van der Waals surface area contributed by atoms with Crippen molar-refractivity contribution in [3.05, 3.63) is 132 Å². The molecule has 8 aliphatic rings. The molecule has 6 saturated carbocycles. The average molecular weight is 1280 g/mol. The van der Waals surface area contributed by atoms with Crippen molar-refractivity contribution in [2.24, 2.45) is 92.7 Å². The third-order valence-corrected chi connectivity index (χ3v) is 26.9. The first kappa shape index (κ1) is 67.5. The standard InChI is InChI=1S/C42H56N2O2.C29H47ClO2.C13H10N2/c1-28(2)12-11-13-29(3)34-20-21-35-33-19-18-31-26-32(22-24-41(31,4)36(33)23-25-42(34,35)5)46-39(45)27-44-38-17-10-9-16-37(38)43-40(44)30-14-7-6-8-15-30;1-19(2)7-6-8-20(3)24-11-12-25-23-10-9-21-17-22(32-27(31)18-30)13-15-28(21,4)26(23)14-16-29(24,25)5;1-2-6-10(7-3-1)13-14-11-8-4-5-9-12(11)15-13/h6-10,14-18,28-29,32-36H,11-13,19-27H2,1-5H3;9,19-20,22-26H,6-8,10-18H2,1-5H3;1-9H,(H,14,15). The van der Waals surface area contributed by atoms with Crippen molar-refractivity contribution in [3.8, 4) is 22.8 Å². The van der Waals surface area contributed by atoms with Crippen LogP contribution in [0.3, 0.4) is 0 Å². The van der Waals surface area contributed by atoms with E-state index in [-0.39, 0.29) is 42.0 Å². The first-order valence-electron chi connectivity index (χ1n) is 37.1. The van der Waals surface area contributed by atoms with Crippen molar-refractivity contribution < 1.29 is 19.1 Å². The van der Waals surface area contributed by atoms with E-state index < -0.39 is 0 Å². The van der Waals surface area contributed by atoms with Gasteiger partial charge in [0.1, 0.15) is 36.3 Å². The molecule has 0 saturated heterocycles. The van der Waals surface area contributed by atoms with Crippen molar-refractivity contribution in [1.29, 1.82) is 0 Å². The number of hydrogen-bond donors (Lipinski definition) is 1. The Kier molecular flexibility index (Phi) is 20.8. The summed E-state index contributed by atoms with van der Waals surface area (Å²) in [5, 5.41) is 0. The van der Waals surface area contributed by atoms with Gasteiger partial charge in [-0.25, -0.2) is 9.97 Å². The summed E-state index contributed by atoms with van der Waals surface area (Å²) in [7, 11) is 0. The quantitative estimate of drug-likeness (QED) is 0.0555. The van der Waals surface area contributed by atoms with E-state index in [2.05, 4.69) is 116 Å². The Hall–Kier alpha value is -5.47. The average Bonchev–Trinajstić information content (AvgIpc) is 1.62. The lowest BCUT2D eigenvalue weighted by atomic mass is 9.47. The molecule has 0 bridgehead atoms. The smallest absolute Gasteiger partial charge is 0.326 e. The van der Waals surface area contributed by atoms with Crippen LogP contribution in [-0.4, -0.2) is 49.5 Å². The number of aromatic amines is 1. The zero-order chi connectivity index (χ0) is 65.2. The molecular formula is C84H113ClN4O4. The monoisotopic (exact) mass is 1280 g/mol. The summed E-state index contributed by atoms with van der Waals surface area (Å²) >= 11 is 5.68. The largest absolute Gasteiger partial charge is 0.461 e. The predicted octanol–water partition coefficient (Wildman–Crippen LogP) is 22.1. The Labute approximate surface area is 564 Å². The summed E-state index contributed by atoms with van der Waals surface area (Å²) in [6.45, 7) is 25.3. The van der Waals surface area contributed by atoms with Crippen molar-refractivity contribution >= 4 is 45.6 Å². The highest BCUT2D eigenvalue weighted by molar-refractivity contribution is 6.26. The van der Waals surface area contributed by atoms with Crippen LogP contribution in [0, 0.1) is 92.7 Å². The van der Waals surface area contributed by atoms with E-state index >= 15 is 0 Å². The van der Waals surface area contributed by atoms with E-state index in [0.29, 0.717) is 16.2 Å². The molecule has 0 spiro atoms. The number of hydrogen-bond acceptors (Lipinski definition) is 6. The number of carbonyl (C=O) groups is 2. The fraction of sp³-hybridized carbons (Fsp3) is 0.619. The normalized spacial score (nSPS) is 32.4. The summed E-state index contributed by atoms with van der Waals surface area (Å²) in [5.74, 6) is 11.6. The molecule has 500 valence electrons. The van der Waals surface area contributed by atoms with Crippen LogP contribution in [0.25, 0.3) is 44.8 Å². The van der Waals surface area contributed by atoms with Crippen LogP contribution in [0.15, 0.2) is 132 Å². The highest BCUT2D eigenvalue weighted by Gasteiger charge is 2.61. The van der Waals surface area contributed by atoms with Crippen molar-refractivity contribution in [1.82, 2.24) is 19.5 Å². The molecule has 8 aliphatic carbocycles. The number of halogens is 1. The SMILES string of the molecule is CC(C)CCCC(C)C1CCC2C3CC=C4CC(OC(=O)CCl)CCC4(C)C3CCC12C.CC(C)CCCC(C)C1CCC2C3CC=C4CC(OC(=O)Cn5c(-c6ccccc6)nc6ccccc65)CCC4(C)C3CCC12C.c1ccc(-c2nc3ccccc3[nH]2)cc1. The molecule has 0 aliphatic heterocycles. The molecular weight excluding hydrogens is 1160 g/mol. The lowest BCUT2D eigenvalue weighted by Crippen LogP contribution is -2.51. The van der Waals surface area contributed by atoms with Gasteiger partial charge >= 0.3 is 11.9 Å². The first-order chi connectivity index (χ1) is 44.8. The molecule has 8 nitrogen and oxygen atoms in total. The van der Waals surface area contributed by atoms with Crippen LogP contribution in [0.5, 0.6) is 0 Å². The number of allylic oxidation sites excluding steroid dienone is 2. The van der Waals surface area contributed by atoms with Crippen LogP contribution >= 0.6 is 11.6 Å². The molecule has 1 N–H and O–H groups in total. The number of benzene rings is 4. The fourth-order valence-electron chi connectivity index (χ4n) is 21.8. The number of nitrogens with one attached hydrogen (secondary N) is 1. The topological polar surface area (TPSA) is 99.1 Å². The van der Waals surface area contributed by atoms with Crippen LogP contribution in [0.1, 0.15) is 210 Å². The van der Waals surface area contributed by atoms with E-state index in [0.717, 1.165) is 148 Å². The van der Waals surface area contributed by atoms with Gasteiger partial charge in [-0.2, -0.15) is 0 Å². The predicted molar refractivity (Wildman–Crippen MR) is 383 cm³/mol. The van der Waals surface area contributed by atoms with Crippen LogP contribution in [0.2, 0.25) is 0 Å². The summed E-state index contributed by atoms with van der Waals surface area (Å²) in [6, 6.07) is 36.4. The lowest BCUT2D eigenvalue weighted by molar-refractivity contribution is -0.152. The third kappa shape index (κ3) is 13.9. The summed E-state index contributed by atoms with van der Waals surface area (Å²) in [4.78, 5) is 38.0. The van der Waals surface area contributed by atoms with Gasteiger partial charge in [0, 0.05) is 24.0 Å². The maximum atomic E-state index is 13.5. The second-order valence-corrected chi connectivity index (χ2v) is 33.0. The second-order valence-electron chi connectivity index (χ2n) is 32.8. The van der Waals surface area contributed by atoms with Gasteiger partial charge in [0.2, 0.25) is 0 Å². The Morgan fingerprint density at radius 1 is 0.538 bits per heavy atom. The highest BCUT2D eigenvalue weighted by atomic mass is 35.5. The number of imidazole rings is 2. The molecule has 4 aromatic carbocycles. The molecule has 14 rings (SSSR count). The third-order valence-electron chi connectivity index (χ3n) is 26.6. The van der Waals surface area contributed by atoms with Crippen LogP contribution in [0.4, 0.5) is 0 Å². The van der Waals surface area contributed by atoms with Gasteiger partial charge in [-0.1, -0.05) is 216 Å². The Balaban J connectivity index is 0.000000152. The van der Waals surface area contributed by atoms with E-state index in [1.807, 2.05) is 89.5 Å². The molecule has 16 unspecified atom stereocenters. The first-order valence-corrected chi connectivity index (χ1v) is 37.7. The summed E-state index contributed by atoms with van der Waals surface area (Å²) in [6.07, 6.45) is 33.5. The van der Waals surface area contributed by atoms with Crippen molar-refractivity contribution in [2.75, 3.05) is 5.88 Å². The fourth-order valence-corrected chi connectivity index (χ4v) is 21.9. The minimum atomic E-state index is -0.262. The molecule has 16 atom stereocenters. The highest BCUT2D eigenvalue weighted by Crippen LogP contribution is 2.69.